The van der Waals surface area contributed by atoms with Gasteiger partial charge in [-0.25, -0.2) is 0 Å². The van der Waals surface area contributed by atoms with Crippen LogP contribution in [0.3, 0.4) is 0 Å². The summed E-state index contributed by atoms with van der Waals surface area (Å²) in [6, 6.07) is 4.81. The lowest BCUT2D eigenvalue weighted by Crippen LogP contribution is -2.61. The number of carboxylic acid groups (broad SMARTS) is 1. The molecule has 0 spiro atoms. The Balaban J connectivity index is 1.54. The summed E-state index contributed by atoms with van der Waals surface area (Å²) >= 11 is 0. The van der Waals surface area contributed by atoms with Gasteiger partial charge in [0.25, 0.3) is 0 Å². The lowest BCUT2D eigenvalue weighted by atomic mass is 9.82. The van der Waals surface area contributed by atoms with Gasteiger partial charge in [0.1, 0.15) is 23.9 Å². The largest absolute Gasteiger partial charge is 0.481 e. The van der Waals surface area contributed by atoms with Crippen molar-refractivity contribution in [2.24, 2.45) is 23.3 Å². The van der Waals surface area contributed by atoms with Crippen LogP contribution in [0, 0.1) is 11.8 Å². The zero-order valence-corrected chi connectivity index (χ0v) is 45.6. The minimum absolute atomic E-state index is 0.105. The van der Waals surface area contributed by atoms with Crippen LogP contribution in [0.2, 0.25) is 0 Å². The number of hydrogen-bond donors (Lipinski definition) is 14. The first kappa shape index (κ1) is 67.4. The fourth-order valence-electron chi connectivity index (χ4n) is 9.83. The van der Waals surface area contributed by atoms with E-state index in [0.717, 1.165) is 5.69 Å². The predicted molar refractivity (Wildman–Crippen MR) is 294 cm³/mol. The molecule has 0 aliphatic carbocycles. The number of aliphatic hydroxyl groups excluding tert-OH is 9. The van der Waals surface area contributed by atoms with Crippen molar-refractivity contribution in [2.45, 2.75) is 194 Å². The number of ketones is 2. The monoisotopic (exact) mass is 1130 g/mol. The van der Waals surface area contributed by atoms with Crippen LogP contribution >= 0.6 is 0 Å². The van der Waals surface area contributed by atoms with Gasteiger partial charge in [0.2, 0.25) is 0 Å². The van der Waals surface area contributed by atoms with Crippen LogP contribution in [-0.2, 0) is 33.3 Å². The van der Waals surface area contributed by atoms with E-state index in [2.05, 4.69) is 5.32 Å². The number of aliphatic carboxylic acids is 1. The zero-order chi connectivity index (χ0) is 59.1. The molecule has 11 unspecified atom stereocenters. The maximum atomic E-state index is 13.3. The second-order valence-electron chi connectivity index (χ2n) is 21.1. The molecule has 4 rings (SSSR count). The van der Waals surface area contributed by atoms with Gasteiger partial charge in [0.05, 0.1) is 79.6 Å². The number of allylic oxidation sites excluding steroid dienone is 12. The Morgan fingerprint density at radius 3 is 1.86 bits per heavy atom. The van der Waals surface area contributed by atoms with Gasteiger partial charge in [-0.3, -0.25) is 19.2 Å². The summed E-state index contributed by atoms with van der Waals surface area (Å²) in [6.07, 6.45) is 0.553. The highest BCUT2D eigenvalue weighted by Gasteiger charge is 2.51. The summed E-state index contributed by atoms with van der Waals surface area (Å²) in [5.41, 5.74) is 13.9. The van der Waals surface area contributed by atoms with Gasteiger partial charge in [-0.2, -0.15) is 0 Å². The standard InChI is InChI=1S/C58H85N3O19/c1-34-16-14-12-10-8-6-4-5-7-9-11-13-15-17-45(78-57-54(73)52(60)53(72)35(2)77-57)31-49-51(56(74)75)48(70)33-58(76,80-49)32-44(68)28-42(66)26-40(64)24-39(63)25-41(65)27-43(67)30-50(71)79-55(34)46(59)23-22-38(62)29-47(69)36-18-20-37(61-3)21-19-36/h4-21,34-35,38-40,42-46,48-49,51-55,57,61-64,66-68,70,72-73,76H,22-33,59-60H2,1-3H3,(H,74,75)/b5-4-,8-6-,9-7+,12-10+,13-11+,16-14+,17-15+/t34-,35+,38?,39?,40?,42?,43+,44?,45?,46-,48-,49-,51?,52-,53?,54-,55?,57?,58?/m0/s1. The van der Waals surface area contributed by atoms with Crippen molar-refractivity contribution >= 4 is 29.2 Å². The number of esters is 1. The normalized spacial score (nSPS) is 38.0. The maximum absolute atomic E-state index is 13.3. The van der Waals surface area contributed by atoms with E-state index < -0.39 is 184 Å². The van der Waals surface area contributed by atoms with Crippen molar-refractivity contribution in [1.82, 2.24) is 0 Å². The molecule has 16 N–H and O–H groups in total. The quantitative estimate of drug-likeness (QED) is 0.110. The van der Waals surface area contributed by atoms with Crippen molar-refractivity contribution in [1.29, 1.82) is 0 Å². The fraction of sp³-hybridized carbons (Fsp3) is 0.586. The van der Waals surface area contributed by atoms with Gasteiger partial charge in [-0.15, -0.1) is 0 Å². The van der Waals surface area contributed by atoms with E-state index in [0.29, 0.717) is 5.56 Å². The Morgan fingerprint density at radius 1 is 0.725 bits per heavy atom. The number of carbonyl (C=O) groups excluding carboxylic acids is 3. The first-order valence-corrected chi connectivity index (χ1v) is 27.2. The Kier molecular flexibility index (Phi) is 28.4. The van der Waals surface area contributed by atoms with Gasteiger partial charge >= 0.3 is 11.9 Å². The van der Waals surface area contributed by atoms with Gasteiger partial charge in [0.15, 0.2) is 17.9 Å². The number of Topliss-reactive ketones (excluding diaryl/α,β-unsaturated/α-hetero) is 2. The van der Waals surface area contributed by atoms with Gasteiger partial charge in [0, 0.05) is 68.8 Å². The number of carboxylic acids is 1. The average Bonchev–Trinajstić information content (AvgIpc) is 3.48. The fourth-order valence-corrected chi connectivity index (χ4v) is 9.83. The Bertz CT molecular complexity index is 2310. The number of benzene rings is 1. The lowest BCUT2D eigenvalue weighted by molar-refractivity contribution is -0.308. The number of aliphatic hydroxyl groups is 10. The number of fused-ring (bicyclic) bond motifs is 2. The molecular formula is C58H85N3O19. The van der Waals surface area contributed by atoms with Crippen molar-refractivity contribution < 1.29 is 94.3 Å². The third-order valence-electron chi connectivity index (χ3n) is 14.1. The molecule has 22 nitrogen and oxygen atoms in total. The molecule has 1 aromatic rings. The summed E-state index contributed by atoms with van der Waals surface area (Å²) in [6.45, 7) is 3.28. The topological polar surface area (TPSA) is 392 Å². The molecule has 2 bridgehead atoms. The summed E-state index contributed by atoms with van der Waals surface area (Å²) in [4.78, 5) is 51.6. The lowest BCUT2D eigenvalue weighted by Gasteiger charge is -2.45. The highest BCUT2D eigenvalue weighted by atomic mass is 16.7. The maximum Gasteiger partial charge on any atom is 0.311 e. The molecular weight excluding hydrogens is 1040 g/mol. The van der Waals surface area contributed by atoms with Crippen molar-refractivity contribution in [3.63, 3.8) is 0 Å². The summed E-state index contributed by atoms with van der Waals surface area (Å²) in [5.74, 6) is -7.70. The second-order valence-corrected chi connectivity index (χ2v) is 21.1. The summed E-state index contributed by atoms with van der Waals surface area (Å²) in [7, 11) is 1.75. The smallest absolute Gasteiger partial charge is 0.311 e. The third kappa shape index (κ3) is 23.0. The SMILES string of the molecule is CNc1ccc(C(=O)CC(O)CC[C@H](N)C2OC(=O)C[C@H](O)CC(=O)CC(O)CC(O)CC(O)CC(O)CC3(O)C[C@H](O)C(C(=O)O)[C@H](CC(OC4O[C@H](C)C(O)[C@H](N)[C@@H]4O)/C=C/C=C/C=C/C=C\C=C/C=C/C=C/[C@@H]2C)O3)cc1. The molecule has 2 saturated heterocycles. The van der Waals surface area contributed by atoms with E-state index in [1.54, 1.807) is 117 Å². The molecule has 0 aromatic heterocycles. The van der Waals surface area contributed by atoms with Crippen LogP contribution in [0.5, 0.6) is 0 Å². The second kappa shape index (κ2) is 33.7. The number of rotatable bonds is 11. The molecule has 3 heterocycles. The molecule has 0 amide bonds. The number of hydrogen-bond acceptors (Lipinski definition) is 21. The molecule has 1 aromatic carbocycles. The molecule has 3 aliphatic heterocycles. The van der Waals surface area contributed by atoms with Crippen LogP contribution in [0.25, 0.3) is 0 Å². The van der Waals surface area contributed by atoms with Crippen molar-refractivity contribution in [2.75, 3.05) is 12.4 Å². The number of cyclic esters (lactones) is 1. The Morgan fingerprint density at radius 2 is 1.27 bits per heavy atom. The minimum atomic E-state index is -2.35. The first-order valence-electron chi connectivity index (χ1n) is 27.2. The molecule has 0 saturated carbocycles. The number of nitrogens with one attached hydrogen (secondary N) is 1. The van der Waals surface area contributed by atoms with Crippen LogP contribution in [-0.4, -0.2) is 190 Å². The molecule has 22 heteroatoms. The number of nitrogens with two attached hydrogens (primary N) is 2. The summed E-state index contributed by atoms with van der Waals surface area (Å²) < 4.78 is 23.5. The van der Waals surface area contributed by atoms with Crippen molar-refractivity contribution in [3.8, 4) is 0 Å². The van der Waals surface area contributed by atoms with Gasteiger partial charge in [-0.1, -0.05) is 92.0 Å². The highest BCUT2D eigenvalue weighted by Crippen LogP contribution is 2.38. The third-order valence-corrected chi connectivity index (χ3v) is 14.1. The Labute approximate surface area is 467 Å². The number of carbonyl (C=O) groups is 4. The van der Waals surface area contributed by atoms with E-state index in [1.807, 2.05) is 0 Å². The van der Waals surface area contributed by atoms with E-state index >= 15 is 0 Å². The van der Waals surface area contributed by atoms with Gasteiger partial charge < -0.3 is 91.9 Å². The molecule has 446 valence electrons. The number of ether oxygens (including phenoxy) is 4. The Hall–Kier alpha value is -5.12. The van der Waals surface area contributed by atoms with Crippen LogP contribution in [0.1, 0.15) is 101 Å². The predicted octanol–water partition coefficient (Wildman–Crippen LogP) is 1.44. The molecule has 3 aliphatic rings. The van der Waals surface area contributed by atoms with E-state index in [4.69, 9.17) is 30.4 Å². The average molecular weight is 1130 g/mol. The summed E-state index contributed by atoms with van der Waals surface area (Å²) in [5, 5.41) is 122. The number of anilines is 1. The van der Waals surface area contributed by atoms with Gasteiger partial charge in [-0.05, 0) is 63.3 Å². The highest BCUT2D eigenvalue weighted by molar-refractivity contribution is 5.96. The van der Waals surface area contributed by atoms with Crippen LogP contribution in [0.15, 0.2) is 109 Å². The molecule has 2 fully saturated rings. The minimum Gasteiger partial charge on any atom is -0.481 e. The van der Waals surface area contributed by atoms with E-state index in [-0.39, 0.29) is 31.5 Å². The molecule has 19 atom stereocenters. The zero-order valence-electron chi connectivity index (χ0n) is 45.6. The van der Waals surface area contributed by atoms with E-state index in [9.17, 15) is 75.3 Å². The van der Waals surface area contributed by atoms with Crippen LogP contribution in [0.4, 0.5) is 5.69 Å². The van der Waals surface area contributed by atoms with E-state index in [1.165, 1.54) is 13.0 Å². The first-order chi connectivity index (χ1) is 37.9. The van der Waals surface area contributed by atoms with Crippen LogP contribution < -0.4 is 16.8 Å². The van der Waals surface area contributed by atoms with Crippen molar-refractivity contribution in [3.05, 3.63) is 115 Å². The molecule has 0 radical (unpaired) electrons. The molecule has 80 heavy (non-hydrogen) atoms.